The normalized spacial score (nSPS) is 17.0. The molecule has 16 heteroatoms. The van der Waals surface area contributed by atoms with Crippen molar-refractivity contribution in [3.63, 3.8) is 0 Å². The Balaban J connectivity index is 0.0000238. The molecule has 0 spiro atoms. The van der Waals surface area contributed by atoms with Gasteiger partial charge in [-0.1, -0.05) is 221 Å². The molecule has 1 heterocycles. The fourth-order valence-corrected chi connectivity index (χ4v) is 11.5. The van der Waals surface area contributed by atoms with Gasteiger partial charge in [-0.25, -0.2) is 4.99 Å². The molecule has 0 aliphatic carbocycles. The second kappa shape index (κ2) is 39.8. The molecule has 0 aromatic heterocycles. The van der Waals surface area contributed by atoms with Gasteiger partial charge in [-0.3, -0.25) is 14.2 Å². The third kappa shape index (κ3) is 28.6. The molecule has 1 radical (unpaired) electrons. The number of amidine groups is 1. The van der Waals surface area contributed by atoms with Gasteiger partial charge in [-0.2, -0.15) is 0 Å². The molecule has 0 bridgehead atoms. The Labute approximate surface area is 450 Å². The summed E-state index contributed by atoms with van der Waals surface area (Å²) in [6.07, 6.45) is 31.2. The number of ether oxygens (including phenoxy) is 2. The topological polar surface area (TPSA) is 150 Å². The maximum Gasteiger partial charge on any atom is 1.00 e. The Kier molecular flexibility index (Phi) is 38.3. The Hall–Kier alpha value is -0.640. The van der Waals surface area contributed by atoms with E-state index in [4.69, 9.17) is 23.5 Å². The van der Waals surface area contributed by atoms with E-state index in [9.17, 15) is 24.3 Å². The van der Waals surface area contributed by atoms with Crippen LogP contribution in [0, 0.1) is 0 Å². The number of phosphoric ester groups is 1. The van der Waals surface area contributed by atoms with E-state index in [-0.39, 0.29) is 55.6 Å². The number of esters is 2. The summed E-state index contributed by atoms with van der Waals surface area (Å²) in [7, 11) is 2.11. The minimum Gasteiger partial charge on any atom is -0.756 e. The van der Waals surface area contributed by atoms with Crippen molar-refractivity contribution >= 4 is 47.2 Å². The molecule has 0 saturated heterocycles. The fourth-order valence-electron chi connectivity index (χ4n) is 8.79. The van der Waals surface area contributed by atoms with Crippen LogP contribution in [0.2, 0.25) is 0 Å². The van der Waals surface area contributed by atoms with Gasteiger partial charge in [0.25, 0.3) is 7.82 Å². The number of carbonyl (C=O) groups is 2. The number of nitrogens with zero attached hydrogens (tertiary/aromatic N) is 3. The van der Waals surface area contributed by atoms with Gasteiger partial charge in [0, 0.05) is 38.4 Å². The van der Waals surface area contributed by atoms with Gasteiger partial charge in [0.2, 0.25) is 0 Å². The molecule has 12 nitrogen and oxygen atoms in total. The van der Waals surface area contributed by atoms with E-state index < -0.39 is 43.7 Å². The van der Waals surface area contributed by atoms with Crippen LogP contribution in [0.15, 0.2) is 29.3 Å². The SMILES string of the molecule is CCCCCCCCCCCCCCCC(=O)OC[C@H](COP(=O)([O-])OCCSSCc1ccc(C2(CC)N=C(N(C)C)C(C)(C)N2[O])cc1)OC(=O)CCCCCCCCCCCCCCC.[Na+]. The fraction of sp³-hybridized carbons (Fsp3) is 0.830. The van der Waals surface area contributed by atoms with E-state index in [2.05, 4.69) is 13.8 Å². The van der Waals surface area contributed by atoms with Gasteiger partial charge in [0.1, 0.15) is 18.0 Å². The van der Waals surface area contributed by atoms with Gasteiger partial charge in [0.05, 0.1) is 13.2 Å². The zero-order valence-electron chi connectivity index (χ0n) is 44.7. The zero-order chi connectivity index (χ0) is 49.9. The molecule has 2 rings (SSSR count). The van der Waals surface area contributed by atoms with Crippen molar-refractivity contribution in [3.8, 4) is 0 Å². The van der Waals surface area contributed by atoms with Gasteiger partial charge in [0.15, 0.2) is 11.8 Å². The molecular weight excluding hydrogens is 941 g/mol. The Morgan fingerprint density at radius 2 is 1.13 bits per heavy atom. The number of likely N-dealkylation sites (N-methyl/N-ethyl adjacent to an activating group) is 1. The number of hydroxylamine groups is 2. The number of carbonyl (C=O) groups excluding carboxylic acids is 2. The Morgan fingerprint density at radius 1 is 0.681 bits per heavy atom. The average molecular weight is 1040 g/mol. The van der Waals surface area contributed by atoms with Crippen LogP contribution in [0.1, 0.15) is 232 Å². The summed E-state index contributed by atoms with van der Waals surface area (Å²) in [6, 6.07) is 7.93. The maximum atomic E-state index is 13.6. The smallest absolute Gasteiger partial charge is 0.756 e. The van der Waals surface area contributed by atoms with Crippen LogP contribution in [0.4, 0.5) is 0 Å². The summed E-state index contributed by atoms with van der Waals surface area (Å²) < 4.78 is 34.2. The third-order valence-electron chi connectivity index (χ3n) is 12.9. The van der Waals surface area contributed by atoms with Crippen LogP contribution in [0.5, 0.6) is 0 Å². The first-order chi connectivity index (χ1) is 32.7. The second-order valence-electron chi connectivity index (χ2n) is 19.5. The first-order valence-electron chi connectivity index (χ1n) is 26.8. The molecule has 2 unspecified atom stereocenters. The number of hydrogen-bond acceptors (Lipinski definition) is 13. The maximum absolute atomic E-state index is 13.6. The summed E-state index contributed by atoms with van der Waals surface area (Å²) in [6.45, 7) is 9.38. The summed E-state index contributed by atoms with van der Waals surface area (Å²) >= 11 is 0. The summed E-state index contributed by atoms with van der Waals surface area (Å²) in [5, 5.41) is 14.7. The zero-order valence-corrected chi connectivity index (χ0v) is 49.2. The average Bonchev–Trinajstić information content (AvgIpc) is 3.53. The Morgan fingerprint density at radius 3 is 1.57 bits per heavy atom. The van der Waals surface area contributed by atoms with Crippen LogP contribution in [-0.2, 0) is 49.3 Å². The molecule has 0 fully saturated rings. The first kappa shape index (κ1) is 66.4. The number of hydrogen-bond donors (Lipinski definition) is 0. The van der Waals surface area contributed by atoms with Crippen LogP contribution >= 0.6 is 29.4 Å². The monoisotopic (exact) mass is 1030 g/mol. The minimum absolute atomic E-state index is 0. The van der Waals surface area contributed by atoms with Crippen molar-refractivity contribution in [2.75, 3.05) is 39.7 Å². The molecular formula is C53H94N3NaO9PS2. The van der Waals surface area contributed by atoms with Crippen molar-refractivity contribution in [2.24, 2.45) is 4.99 Å². The van der Waals surface area contributed by atoms with Crippen molar-refractivity contribution in [3.05, 3.63) is 35.4 Å². The largest absolute Gasteiger partial charge is 1.00 e. The molecule has 0 N–H and O–H groups in total. The van der Waals surface area contributed by atoms with Crippen LogP contribution in [0.25, 0.3) is 0 Å². The van der Waals surface area contributed by atoms with Crippen LogP contribution < -0.4 is 34.5 Å². The Bertz CT molecular complexity index is 1560. The van der Waals surface area contributed by atoms with Crippen LogP contribution in [0.3, 0.4) is 0 Å². The van der Waals surface area contributed by atoms with Gasteiger partial charge < -0.3 is 28.3 Å². The van der Waals surface area contributed by atoms with E-state index in [1.165, 1.54) is 133 Å². The molecule has 69 heavy (non-hydrogen) atoms. The third-order valence-corrected chi connectivity index (χ3v) is 16.1. The van der Waals surface area contributed by atoms with Crippen molar-refractivity contribution in [2.45, 2.75) is 244 Å². The van der Waals surface area contributed by atoms with Gasteiger partial charge in [-0.05, 0) is 44.2 Å². The van der Waals surface area contributed by atoms with Crippen molar-refractivity contribution in [1.82, 2.24) is 9.96 Å². The minimum atomic E-state index is -4.74. The second-order valence-corrected chi connectivity index (χ2v) is 23.5. The standard InChI is InChI=1S/C53H95N3O9PS2.Na/c1-8-11-13-15-17-19-21-23-25-27-29-31-33-35-49(57)62-43-48(65-50(58)36-34-32-30-28-26-24-22-20-18-16-14-12-9-2)44-64-66(60,61)63-41-42-67-68-45-46-37-39-47(40-38-46)53(10-3)54-51(55(6)7)52(4,5)56(53)59;/h37-40,48H,8-36,41-45H2,1-7H3,(H,60,61);/q;+1/p-1/t48-,53?;/m1./s1. The first-order valence-corrected chi connectivity index (χ1v) is 30.7. The molecule has 393 valence electrons. The van der Waals surface area contributed by atoms with Gasteiger partial charge in [-0.15, -0.1) is 10.3 Å². The summed E-state index contributed by atoms with van der Waals surface area (Å²) in [5.41, 5.74) is 0.156. The molecule has 1 aliphatic heterocycles. The van der Waals surface area contributed by atoms with E-state index in [0.717, 1.165) is 60.6 Å². The molecule has 1 aromatic carbocycles. The number of aliphatic imine (C=N–C) groups is 1. The molecule has 3 atom stereocenters. The summed E-state index contributed by atoms with van der Waals surface area (Å²) in [4.78, 5) is 45.1. The predicted octanol–water partition coefficient (Wildman–Crippen LogP) is 11.5. The van der Waals surface area contributed by atoms with Crippen LogP contribution in [-0.4, -0.2) is 79.0 Å². The van der Waals surface area contributed by atoms with Crippen molar-refractivity contribution in [1.29, 1.82) is 0 Å². The number of unbranched alkanes of at least 4 members (excludes halogenated alkanes) is 24. The molecule has 1 aromatic rings. The number of phosphoric acid groups is 1. The summed E-state index contributed by atoms with van der Waals surface area (Å²) in [5.74, 6) is 0.926. The molecule has 1 aliphatic rings. The van der Waals surface area contributed by atoms with Gasteiger partial charge >= 0.3 is 41.5 Å². The molecule has 0 amide bonds. The van der Waals surface area contributed by atoms with E-state index in [1.54, 1.807) is 10.8 Å². The van der Waals surface area contributed by atoms with E-state index >= 15 is 0 Å². The quantitative estimate of drug-likeness (QED) is 0.0201. The van der Waals surface area contributed by atoms with Crippen molar-refractivity contribution < 1.29 is 72.3 Å². The van der Waals surface area contributed by atoms with E-state index in [1.807, 2.05) is 64.0 Å². The predicted molar refractivity (Wildman–Crippen MR) is 281 cm³/mol. The van der Waals surface area contributed by atoms with E-state index in [0.29, 0.717) is 24.3 Å². The molecule has 0 saturated carbocycles. The number of benzene rings is 1. The number of rotatable bonds is 43.